The fraction of sp³-hybridized carbons (Fsp3) is 0.357. The molecule has 0 spiro atoms. The highest BCUT2D eigenvalue weighted by molar-refractivity contribution is 9.11. The molecule has 0 fully saturated rings. The van der Waals surface area contributed by atoms with Gasteiger partial charge in [0.15, 0.2) is 0 Å². The number of rotatable bonds is 5. The average molecular weight is 387 g/mol. The number of benzene rings is 1. The molecule has 0 saturated heterocycles. The van der Waals surface area contributed by atoms with Crippen molar-refractivity contribution in [2.24, 2.45) is 7.05 Å². The second-order valence-corrected chi connectivity index (χ2v) is 6.27. The molecule has 1 aromatic heterocycles. The lowest BCUT2D eigenvalue weighted by Gasteiger charge is -2.18. The number of halogens is 2. The maximum absolute atomic E-state index is 4.37. The first kappa shape index (κ1) is 14.8. The normalized spacial score (nSPS) is 12.6. The number of aromatic nitrogens is 2. The molecule has 2 rings (SSSR count). The van der Waals surface area contributed by atoms with E-state index in [1.807, 2.05) is 26.5 Å². The Morgan fingerprint density at radius 2 is 2.16 bits per heavy atom. The maximum atomic E-state index is 4.37. The average Bonchev–Trinajstić information content (AvgIpc) is 2.78. The zero-order valence-electron chi connectivity index (χ0n) is 11.0. The van der Waals surface area contributed by atoms with Crippen molar-refractivity contribution in [2.75, 3.05) is 7.05 Å². The quantitative estimate of drug-likeness (QED) is 0.845. The van der Waals surface area contributed by atoms with E-state index in [1.165, 1.54) is 5.56 Å². The molecule has 1 unspecified atom stereocenters. The number of nitrogens with one attached hydrogen (secondary N) is 1. The molecular formula is C14H17Br2N3. The van der Waals surface area contributed by atoms with Crippen molar-refractivity contribution in [3.63, 3.8) is 0 Å². The van der Waals surface area contributed by atoms with Crippen LogP contribution in [0.1, 0.15) is 23.9 Å². The summed E-state index contributed by atoms with van der Waals surface area (Å²) in [6.07, 6.45) is 5.80. The van der Waals surface area contributed by atoms with Gasteiger partial charge in [0.2, 0.25) is 0 Å². The largest absolute Gasteiger partial charge is 0.338 e. The summed E-state index contributed by atoms with van der Waals surface area (Å²) in [5.74, 6) is 1.12. The van der Waals surface area contributed by atoms with Gasteiger partial charge in [0, 0.05) is 40.8 Å². The summed E-state index contributed by atoms with van der Waals surface area (Å²) in [7, 11) is 4.03. The summed E-state index contributed by atoms with van der Waals surface area (Å²) in [6.45, 7) is 0. The molecule has 19 heavy (non-hydrogen) atoms. The molecule has 1 N–H and O–H groups in total. The van der Waals surface area contributed by atoms with Crippen molar-refractivity contribution >= 4 is 31.9 Å². The van der Waals surface area contributed by atoms with Gasteiger partial charge in [0.05, 0.1) is 0 Å². The fourth-order valence-corrected chi connectivity index (χ4v) is 3.47. The third-order valence-electron chi connectivity index (χ3n) is 3.26. The molecule has 1 aromatic carbocycles. The minimum Gasteiger partial charge on any atom is -0.338 e. The van der Waals surface area contributed by atoms with E-state index in [9.17, 15) is 0 Å². The van der Waals surface area contributed by atoms with Crippen molar-refractivity contribution in [3.8, 4) is 0 Å². The first-order valence-electron chi connectivity index (χ1n) is 6.20. The SMILES string of the molecule is CNC(CCc1nccn1C)c1ccc(Br)cc1Br. The Hall–Kier alpha value is -0.650. The van der Waals surface area contributed by atoms with Crippen LogP contribution in [0.2, 0.25) is 0 Å². The molecule has 0 saturated carbocycles. The third kappa shape index (κ3) is 3.68. The van der Waals surface area contributed by atoms with Crippen LogP contribution in [0.4, 0.5) is 0 Å². The lowest BCUT2D eigenvalue weighted by atomic mass is 10.0. The van der Waals surface area contributed by atoms with Gasteiger partial charge in [-0.05, 0) is 31.2 Å². The van der Waals surface area contributed by atoms with Crippen molar-refractivity contribution in [1.29, 1.82) is 0 Å². The van der Waals surface area contributed by atoms with Gasteiger partial charge in [-0.3, -0.25) is 0 Å². The Labute approximate surface area is 130 Å². The van der Waals surface area contributed by atoms with Gasteiger partial charge in [-0.15, -0.1) is 0 Å². The molecule has 5 heteroatoms. The Kier molecular flexibility index (Phi) is 5.19. The van der Waals surface area contributed by atoms with Crippen LogP contribution in [0.15, 0.2) is 39.5 Å². The molecule has 0 aliphatic heterocycles. The predicted octanol–water partition coefficient (Wildman–Crippen LogP) is 3.84. The van der Waals surface area contributed by atoms with Gasteiger partial charge in [0.1, 0.15) is 5.82 Å². The molecule has 1 heterocycles. The lowest BCUT2D eigenvalue weighted by molar-refractivity contribution is 0.534. The van der Waals surface area contributed by atoms with E-state index in [-0.39, 0.29) is 0 Å². The first-order valence-corrected chi connectivity index (χ1v) is 7.79. The monoisotopic (exact) mass is 385 g/mol. The van der Waals surface area contributed by atoms with Crippen LogP contribution in [0.3, 0.4) is 0 Å². The maximum Gasteiger partial charge on any atom is 0.108 e. The van der Waals surface area contributed by atoms with E-state index in [0.717, 1.165) is 27.6 Å². The van der Waals surface area contributed by atoms with Gasteiger partial charge >= 0.3 is 0 Å². The fourth-order valence-electron chi connectivity index (χ4n) is 2.15. The summed E-state index contributed by atoms with van der Waals surface area (Å²) in [6, 6.07) is 6.62. The van der Waals surface area contributed by atoms with Crippen LogP contribution in [-0.2, 0) is 13.5 Å². The second kappa shape index (κ2) is 6.68. The molecule has 0 aliphatic carbocycles. The van der Waals surface area contributed by atoms with Crippen LogP contribution in [0, 0.1) is 0 Å². The summed E-state index contributed by atoms with van der Waals surface area (Å²) < 4.78 is 4.28. The van der Waals surface area contributed by atoms with E-state index in [0.29, 0.717) is 6.04 Å². The van der Waals surface area contributed by atoms with Crippen molar-refractivity contribution < 1.29 is 0 Å². The van der Waals surface area contributed by atoms with E-state index in [2.05, 4.69) is 64.9 Å². The Bertz CT molecular complexity index is 551. The number of hydrogen-bond donors (Lipinski definition) is 1. The standard InChI is InChI=1S/C14H17Br2N3/c1-17-13(5-6-14-18-7-8-19(14)2)11-4-3-10(15)9-12(11)16/h3-4,7-9,13,17H,5-6H2,1-2H3. The molecule has 0 aliphatic rings. The Morgan fingerprint density at radius 1 is 1.37 bits per heavy atom. The van der Waals surface area contributed by atoms with Gasteiger partial charge in [-0.2, -0.15) is 0 Å². The van der Waals surface area contributed by atoms with Crippen molar-refractivity contribution in [1.82, 2.24) is 14.9 Å². The second-order valence-electron chi connectivity index (χ2n) is 4.50. The number of imidazole rings is 1. The van der Waals surface area contributed by atoms with Gasteiger partial charge in [-0.25, -0.2) is 4.98 Å². The molecule has 1 atom stereocenters. The Morgan fingerprint density at radius 3 is 2.74 bits per heavy atom. The summed E-state index contributed by atoms with van der Waals surface area (Å²) in [5, 5.41) is 3.38. The van der Waals surface area contributed by atoms with Crippen molar-refractivity contribution in [3.05, 3.63) is 50.9 Å². The van der Waals surface area contributed by atoms with Gasteiger partial charge < -0.3 is 9.88 Å². The van der Waals surface area contributed by atoms with Crippen LogP contribution in [-0.4, -0.2) is 16.6 Å². The van der Waals surface area contributed by atoms with Crippen LogP contribution < -0.4 is 5.32 Å². The number of aryl methyl sites for hydroxylation is 2. The van der Waals surface area contributed by atoms with E-state index >= 15 is 0 Å². The molecule has 0 amide bonds. The highest BCUT2D eigenvalue weighted by atomic mass is 79.9. The lowest BCUT2D eigenvalue weighted by Crippen LogP contribution is -2.18. The molecule has 0 bridgehead atoms. The molecule has 3 nitrogen and oxygen atoms in total. The zero-order chi connectivity index (χ0) is 13.8. The highest BCUT2D eigenvalue weighted by Crippen LogP contribution is 2.29. The smallest absolute Gasteiger partial charge is 0.108 e. The van der Waals surface area contributed by atoms with E-state index in [4.69, 9.17) is 0 Å². The van der Waals surface area contributed by atoms with Gasteiger partial charge in [0.25, 0.3) is 0 Å². The number of nitrogens with zero attached hydrogens (tertiary/aromatic N) is 2. The summed E-state index contributed by atoms with van der Waals surface area (Å²) in [5.41, 5.74) is 1.28. The van der Waals surface area contributed by atoms with Crippen LogP contribution in [0.5, 0.6) is 0 Å². The molecule has 102 valence electrons. The summed E-state index contributed by atoms with van der Waals surface area (Å²) >= 11 is 7.11. The predicted molar refractivity (Wildman–Crippen MR) is 85.2 cm³/mol. The molecule has 2 aromatic rings. The minimum atomic E-state index is 0.319. The Balaban J connectivity index is 2.10. The van der Waals surface area contributed by atoms with E-state index < -0.39 is 0 Å². The minimum absolute atomic E-state index is 0.319. The first-order chi connectivity index (χ1) is 9.11. The van der Waals surface area contributed by atoms with Crippen LogP contribution >= 0.6 is 31.9 Å². The van der Waals surface area contributed by atoms with E-state index in [1.54, 1.807) is 0 Å². The topological polar surface area (TPSA) is 29.9 Å². The zero-order valence-corrected chi connectivity index (χ0v) is 14.2. The molecule has 0 radical (unpaired) electrons. The van der Waals surface area contributed by atoms with Gasteiger partial charge in [-0.1, -0.05) is 37.9 Å². The molecular weight excluding hydrogens is 370 g/mol. The highest BCUT2D eigenvalue weighted by Gasteiger charge is 2.13. The number of hydrogen-bond acceptors (Lipinski definition) is 2. The van der Waals surface area contributed by atoms with Crippen LogP contribution in [0.25, 0.3) is 0 Å². The van der Waals surface area contributed by atoms with Crippen molar-refractivity contribution in [2.45, 2.75) is 18.9 Å². The third-order valence-corrected chi connectivity index (χ3v) is 4.44. The summed E-state index contributed by atoms with van der Waals surface area (Å²) in [4.78, 5) is 4.37.